The Bertz CT molecular complexity index is 834. The topological polar surface area (TPSA) is 58.5 Å². The summed E-state index contributed by atoms with van der Waals surface area (Å²) in [6, 6.07) is 10.7. The van der Waals surface area contributed by atoms with Crippen LogP contribution in [0.2, 0.25) is 15.1 Å². The summed E-state index contributed by atoms with van der Waals surface area (Å²) in [6.45, 7) is 1.85. The summed E-state index contributed by atoms with van der Waals surface area (Å²) >= 11 is 17.7. The van der Waals surface area contributed by atoms with Gasteiger partial charge in [0.1, 0.15) is 0 Å². The Labute approximate surface area is 150 Å². The average molecular weight is 392 g/mol. The van der Waals surface area contributed by atoms with Gasteiger partial charge in [-0.05, 0) is 42.8 Å². The highest BCUT2D eigenvalue weighted by molar-refractivity contribution is 7.89. The highest BCUT2D eigenvalue weighted by atomic mass is 35.5. The van der Waals surface area contributed by atoms with Gasteiger partial charge in [0.15, 0.2) is 0 Å². The summed E-state index contributed by atoms with van der Waals surface area (Å²) in [6.07, 6.45) is 0.491. The predicted molar refractivity (Wildman–Crippen MR) is 95.1 cm³/mol. The molecule has 0 spiro atoms. The van der Waals surface area contributed by atoms with Gasteiger partial charge in [-0.25, -0.2) is 0 Å². The van der Waals surface area contributed by atoms with Gasteiger partial charge in [0.05, 0.1) is 15.6 Å². The molecule has 0 radical (unpaired) electrons. The number of benzene rings is 2. The van der Waals surface area contributed by atoms with Crippen LogP contribution in [0.25, 0.3) is 0 Å². The molecule has 23 heavy (non-hydrogen) atoms. The highest BCUT2D eigenvalue weighted by Gasteiger charge is 2.14. The van der Waals surface area contributed by atoms with Crippen molar-refractivity contribution in [1.29, 1.82) is 0 Å². The van der Waals surface area contributed by atoms with Crippen LogP contribution in [0.5, 0.6) is 0 Å². The summed E-state index contributed by atoms with van der Waals surface area (Å²) < 4.78 is 24.4. The van der Waals surface area contributed by atoms with E-state index >= 15 is 0 Å². The Hall–Kier alpha value is -1.27. The zero-order valence-corrected chi connectivity index (χ0v) is 15.1. The lowest BCUT2D eigenvalue weighted by Gasteiger charge is -2.09. The molecule has 0 atom stereocenters. The third kappa shape index (κ3) is 4.61. The monoisotopic (exact) mass is 390 g/mol. The van der Waals surface area contributed by atoms with Crippen LogP contribution in [-0.4, -0.2) is 14.1 Å². The average Bonchev–Trinajstić information content (AvgIpc) is 2.50. The molecular formula is C15H13Cl3N2O2S. The fraction of sp³-hybridized carbons (Fsp3) is 0.133. The minimum absolute atomic E-state index is 0.0725. The van der Waals surface area contributed by atoms with Crippen molar-refractivity contribution < 1.29 is 8.42 Å². The third-order valence-corrected chi connectivity index (χ3v) is 5.03. The van der Waals surface area contributed by atoms with E-state index < -0.39 is 10.0 Å². The molecule has 4 nitrogen and oxygen atoms in total. The van der Waals surface area contributed by atoms with E-state index in [9.17, 15) is 8.42 Å². The van der Waals surface area contributed by atoms with Crippen LogP contribution in [0, 0.1) is 0 Å². The number of halogens is 3. The van der Waals surface area contributed by atoms with E-state index in [-0.39, 0.29) is 4.90 Å². The van der Waals surface area contributed by atoms with Crippen LogP contribution in [-0.2, 0) is 10.0 Å². The maximum atomic E-state index is 12.2. The minimum Gasteiger partial charge on any atom is -0.200 e. The van der Waals surface area contributed by atoms with Crippen LogP contribution in [0.4, 0.5) is 0 Å². The van der Waals surface area contributed by atoms with Crippen LogP contribution < -0.4 is 4.83 Å². The fourth-order valence-electron chi connectivity index (χ4n) is 1.83. The van der Waals surface area contributed by atoms with Crippen molar-refractivity contribution >= 4 is 50.5 Å². The fourth-order valence-corrected chi connectivity index (χ4v) is 3.31. The van der Waals surface area contributed by atoms with Gasteiger partial charge in [0.25, 0.3) is 10.0 Å². The molecule has 0 aromatic heterocycles. The molecule has 0 bridgehead atoms. The molecule has 8 heteroatoms. The second-order valence-electron chi connectivity index (χ2n) is 4.58. The molecule has 0 saturated heterocycles. The number of hydrogen-bond acceptors (Lipinski definition) is 3. The first-order valence-electron chi connectivity index (χ1n) is 6.63. The molecule has 122 valence electrons. The first-order valence-corrected chi connectivity index (χ1v) is 9.24. The normalized spacial score (nSPS) is 12.3. The quantitative estimate of drug-likeness (QED) is 0.591. The van der Waals surface area contributed by atoms with E-state index in [0.717, 1.165) is 0 Å². The van der Waals surface area contributed by atoms with E-state index in [1.54, 1.807) is 18.2 Å². The van der Waals surface area contributed by atoms with Crippen LogP contribution in [0.1, 0.15) is 18.9 Å². The van der Waals surface area contributed by atoms with Crippen molar-refractivity contribution in [2.45, 2.75) is 18.2 Å². The molecule has 0 heterocycles. The Balaban J connectivity index is 2.30. The van der Waals surface area contributed by atoms with E-state index in [2.05, 4.69) is 9.93 Å². The minimum atomic E-state index is -3.78. The number of sulfonamides is 1. The molecule has 0 fully saturated rings. The van der Waals surface area contributed by atoms with Crippen LogP contribution >= 0.6 is 34.8 Å². The molecular weight excluding hydrogens is 379 g/mol. The van der Waals surface area contributed by atoms with Crippen LogP contribution in [0.3, 0.4) is 0 Å². The molecule has 0 aliphatic carbocycles. The zero-order chi connectivity index (χ0) is 17.0. The van der Waals surface area contributed by atoms with Crippen molar-refractivity contribution in [2.75, 3.05) is 0 Å². The van der Waals surface area contributed by atoms with Gasteiger partial charge in [-0.15, -0.1) is 0 Å². The number of hydrazone groups is 1. The largest absolute Gasteiger partial charge is 0.276 e. The third-order valence-electron chi connectivity index (χ3n) is 3.00. The number of rotatable bonds is 5. The zero-order valence-electron chi connectivity index (χ0n) is 12.1. The molecule has 0 unspecified atom stereocenters. The standard InChI is InChI=1S/C15H13Cl3N2O2S/c1-2-15(13-8-5-11(17)9-14(13)18)19-20-23(21,22)12-6-3-10(16)4-7-12/h3-9,20H,2H2,1H3/b19-15+. The second kappa shape index (κ2) is 7.53. The Morgan fingerprint density at radius 2 is 1.65 bits per heavy atom. The first kappa shape index (κ1) is 18.1. The maximum absolute atomic E-state index is 12.2. The van der Waals surface area contributed by atoms with Gasteiger partial charge < -0.3 is 0 Å². The molecule has 2 aromatic rings. The maximum Gasteiger partial charge on any atom is 0.276 e. The van der Waals surface area contributed by atoms with Crippen molar-refractivity contribution in [2.24, 2.45) is 5.10 Å². The van der Waals surface area contributed by atoms with Gasteiger partial charge in [-0.1, -0.05) is 47.8 Å². The summed E-state index contributed by atoms with van der Waals surface area (Å²) in [7, 11) is -3.78. The van der Waals surface area contributed by atoms with Crippen LogP contribution in [0.15, 0.2) is 52.5 Å². The summed E-state index contributed by atoms with van der Waals surface area (Å²) in [5.74, 6) is 0. The van der Waals surface area contributed by atoms with Crippen molar-refractivity contribution in [3.63, 3.8) is 0 Å². The molecule has 0 aliphatic heterocycles. The number of hydrogen-bond donors (Lipinski definition) is 1. The van der Waals surface area contributed by atoms with Crippen molar-refractivity contribution in [3.05, 3.63) is 63.1 Å². The molecule has 0 aliphatic rings. The van der Waals surface area contributed by atoms with Crippen molar-refractivity contribution in [1.82, 2.24) is 4.83 Å². The number of nitrogens with one attached hydrogen (secondary N) is 1. The molecule has 0 saturated carbocycles. The highest BCUT2D eigenvalue weighted by Crippen LogP contribution is 2.22. The summed E-state index contributed by atoms with van der Waals surface area (Å²) in [5, 5.41) is 5.35. The predicted octanol–water partition coefficient (Wildman–Crippen LogP) is 4.74. The molecule has 2 aromatic carbocycles. The Kier molecular flexibility index (Phi) is 5.92. The van der Waals surface area contributed by atoms with E-state index in [4.69, 9.17) is 34.8 Å². The smallest absolute Gasteiger partial charge is 0.200 e. The molecule has 2 rings (SSSR count). The molecule has 1 N–H and O–H groups in total. The SMILES string of the molecule is CC/C(=N\NS(=O)(=O)c1ccc(Cl)cc1)c1ccc(Cl)cc1Cl. The van der Waals surface area contributed by atoms with E-state index in [1.807, 2.05) is 6.92 Å². The van der Waals surface area contributed by atoms with Gasteiger partial charge in [-0.3, -0.25) is 0 Å². The summed E-state index contributed by atoms with van der Waals surface area (Å²) in [4.78, 5) is 2.28. The van der Waals surface area contributed by atoms with Gasteiger partial charge in [0, 0.05) is 15.6 Å². The van der Waals surface area contributed by atoms with E-state index in [1.165, 1.54) is 24.3 Å². The van der Waals surface area contributed by atoms with Gasteiger partial charge in [-0.2, -0.15) is 18.4 Å². The van der Waals surface area contributed by atoms with E-state index in [0.29, 0.717) is 32.8 Å². The lowest BCUT2D eigenvalue weighted by atomic mass is 10.1. The number of nitrogens with zero attached hydrogens (tertiary/aromatic N) is 1. The second-order valence-corrected chi connectivity index (χ2v) is 7.53. The Morgan fingerprint density at radius 3 is 2.22 bits per heavy atom. The Morgan fingerprint density at radius 1 is 1.04 bits per heavy atom. The summed E-state index contributed by atoms with van der Waals surface area (Å²) in [5.41, 5.74) is 1.13. The first-order chi connectivity index (χ1) is 10.8. The lowest BCUT2D eigenvalue weighted by molar-refractivity contribution is 0.584. The molecule has 0 amide bonds. The van der Waals surface area contributed by atoms with Gasteiger partial charge >= 0.3 is 0 Å². The lowest BCUT2D eigenvalue weighted by Crippen LogP contribution is -2.20. The van der Waals surface area contributed by atoms with Crippen molar-refractivity contribution in [3.8, 4) is 0 Å². The van der Waals surface area contributed by atoms with Gasteiger partial charge in [0.2, 0.25) is 0 Å².